The Morgan fingerprint density at radius 1 is 1.28 bits per heavy atom. The zero-order valence-corrected chi connectivity index (χ0v) is 14.9. The molecule has 0 spiro atoms. The summed E-state index contributed by atoms with van der Waals surface area (Å²) in [4.78, 5) is 6.94. The Hall–Kier alpha value is -2.11. The normalized spacial score (nSPS) is 14.7. The first-order valence-corrected chi connectivity index (χ1v) is 8.84. The molecular weight excluding hydrogens is 339 g/mol. The van der Waals surface area contributed by atoms with E-state index in [0.29, 0.717) is 0 Å². The van der Waals surface area contributed by atoms with E-state index >= 15 is 0 Å². The molecule has 130 valence electrons. The van der Waals surface area contributed by atoms with E-state index in [1.165, 1.54) is 23.3 Å². The Labute approximate surface area is 151 Å². The van der Waals surface area contributed by atoms with Gasteiger partial charge in [-0.05, 0) is 41.8 Å². The number of imidazole rings is 1. The van der Waals surface area contributed by atoms with Crippen LogP contribution >= 0.6 is 11.6 Å². The second-order valence-electron chi connectivity index (χ2n) is 6.46. The predicted octanol–water partition coefficient (Wildman–Crippen LogP) is 3.84. The van der Waals surface area contributed by atoms with Gasteiger partial charge in [-0.3, -0.25) is 4.90 Å². The molecular formula is C19H20ClFN4. The highest BCUT2D eigenvalue weighted by Gasteiger charge is 2.18. The van der Waals surface area contributed by atoms with Gasteiger partial charge in [-0.15, -0.1) is 0 Å². The predicted molar refractivity (Wildman–Crippen MR) is 99.6 cm³/mol. The van der Waals surface area contributed by atoms with Gasteiger partial charge in [0.15, 0.2) is 0 Å². The maximum atomic E-state index is 13.4. The molecule has 0 fully saturated rings. The minimum atomic E-state index is -0.243. The van der Waals surface area contributed by atoms with E-state index in [4.69, 9.17) is 11.6 Å². The van der Waals surface area contributed by atoms with E-state index in [2.05, 4.69) is 21.3 Å². The number of nitrogens with one attached hydrogen (secondary N) is 1. The van der Waals surface area contributed by atoms with Crippen LogP contribution in [0.2, 0.25) is 5.02 Å². The quantitative estimate of drug-likeness (QED) is 0.769. The van der Waals surface area contributed by atoms with Crippen LogP contribution in [0.1, 0.15) is 11.1 Å². The Morgan fingerprint density at radius 3 is 3.04 bits per heavy atom. The van der Waals surface area contributed by atoms with Gasteiger partial charge in [0.25, 0.3) is 0 Å². The molecule has 25 heavy (non-hydrogen) atoms. The number of nitrogens with zero attached hydrogens (tertiary/aromatic N) is 3. The van der Waals surface area contributed by atoms with Gasteiger partial charge in [-0.1, -0.05) is 23.7 Å². The molecule has 0 bridgehead atoms. The van der Waals surface area contributed by atoms with Crippen molar-refractivity contribution in [3.63, 3.8) is 0 Å². The molecule has 2 heterocycles. The Bertz CT molecular complexity index is 921. The second-order valence-corrected chi connectivity index (χ2v) is 6.87. The topological polar surface area (TPSA) is 33.1 Å². The number of rotatable bonds is 4. The average molecular weight is 359 g/mol. The van der Waals surface area contributed by atoms with Gasteiger partial charge in [0.2, 0.25) is 5.95 Å². The molecule has 6 heteroatoms. The molecule has 0 radical (unpaired) electrons. The summed E-state index contributed by atoms with van der Waals surface area (Å²) in [6.45, 7) is 3.64. The van der Waals surface area contributed by atoms with Gasteiger partial charge < -0.3 is 9.88 Å². The van der Waals surface area contributed by atoms with Crippen LogP contribution in [0.15, 0.2) is 36.4 Å². The third-order valence-corrected chi connectivity index (χ3v) is 5.20. The number of aryl methyl sites for hydroxylation is 1. The largest absolute Gasteiger partial charge is 0.354 e. The Balaban J connectivity index is 1.39. The van der Waals surface area contributed by atoms with Crippen molar-refractivity contribution in [1.29, 1.82) is 0 Å². The third-order valence-electron chi connectivity index (χ3n) is 4.84. The standard InChI is InChI=1S/C19H20ClFN4/c1-24-18-11-14(21)5-6-17(18)23-19(24)22-8-10-25-9-7-15-13(12-25)3-2-4-16(15)20/h2-6,11H,7-10,12H2,1H3,(H,22,23). The maximum absolute atomic E-state index is 13.4. The van der Waals surface area contributed by atoms with Gasteiger partial charge in [0.1, 0.15) is 5.82 Å². The van der Waals surface area contributed by atoms with Crippen LogP contribution in [0, 0.1) is 5.82 Å². The molecule has 0 amide bonds. The first kappa shape index (κ1) is 16.4. The van der Waals surface area contributed by atoms with E-state index < -0.39 is 0 Å². The lowest BCUT2D eigenvalue weighted by molar-refractivity contribution is 0.264. The average Bonchev–Trinajstić information content (AvgIpc) is 2.91. The number of benzene rings is 2. The smallest absolute Gasteiger partial charge is 0.203 e. The van der Waals surface area contributed by atoms with Gasteiger partial charge in [-0.25, -0.2) is 9.37 Å². The van der Waals surface area contributed by atoms with Crippen molar-refractivity contribution in [1.82, 2.24) is 14.5 Å². The lowest BCUT2D eigenvalue weighted by Gasteiger charge is -2.29. The van der Waals surface area contributed by atoms with Gasteiger partial charge in [-0.2, -0.15) is 0 Å². The molecule has 4 rings (SSSR count). The Kier molecular flexibility index (Phi) is 4.36. The minimum absolute atomic E-state index is 0.243. The van der Waals surface area contributed by atoms with Gasteiger partial charge >= 0.3 is 0 Å². The van der Waals surface area contributed by atoms with Gasteiger partial charge in [0.05, 0.1) is 11.0 Å². The maximum Gasteiger partial charge on any atom is 0.203 e. The summed E-state index contributed by atoms with van der Waals surface area (Å²) in [7, 11) is 1.90. The van der Waals surface area contributed by atoms with Crippen molar-refractivity contribution >= 4 is 28.6 Å². The molecule has 0 saturated heterocycles. The fraction of sp³-hybridized carbons (Fsp3) is 0.316. The summed E-state index contributed by atoms with van der Waals surface area (Å²) in [6.07, 6.45) is 0.987. The van der Waals surface area contributed by atoms with Crippen LogP contribution in [-0.4, -0.2) is 34.1 Å². The number of halogens is 2. The third kappa shape index (κ3) is 3.22. The second kappa shape index (κ2) is 6.65. The summed E-state index contributed by atoms with van der Waals surface area (Å²) in [6, 6.07) is 10.8. The first-order valence-electron chi connectivity index (χ1n) is 8.46. The number of fused-ring (bicyclic) bond motifs is 2. The molecule has 1 aliphatic rings. The van der Waals surface area contributed by atoms with Crippen LogP contribution in [0.25, 0.3) is 11.0 Å². The van der Waals surface area contributed by atoms with Crippen LogP contribution in [-0.2, 0) is 20.0 Å². The first-order chi connectivity index (χ1) is 12.1. The van der Waals surface area contributed by atoms with Crippen LogP contribution < -0.4 is 5.32 Å². The van der Waals surface area contributed by atoms with Crippen LogP contribution in [0.4, 0.5) is 10.3 Å². The number of anilines is 1. The van der Waals surface area contributed by atoms with Crippen molar-refractivity contribution in [3.8, 4) is 0 Å². The summed E-state index contributed by atoms with van der Waals surface area (Å²) in [5.41, 5.74) is 4.19. The van der Waals surface area contributed by atoms with Crippen LogP contribution in [0.5, 0.6) is 0 Å². The minimum Gasteiger partial charge on any atom is -0.354 e. The lowest BCUT2D eigenvalue weighted by atomic mass is 10.00. The van der Waals surface area contributed by atoms with E-state index in [9.17, 15) is 4.39 Å². The lowest BCUT2D eigenvalue weighted by Crippen LogP contribution is -2.34. The van der Waals surface area contributed by atoms with Crippen molar-refractivity contribution in [2.24, 2.45) is 7.05 Å². The van der Waals surface area contributed by atoms with E-state index in [-0.39, 0.29) is 5.82 Å². The number of hydrogen-bond donors (Lipinski definition) is 1. The summed E-state index contributed by atoms with van der Waals surface area (Å²) in [5.74, 6) is 0.522. The van der Waals surface area contributed by atoms with Crippen molar-refractivity contribution < 1.29 is 4.39 Å². The highest BCUT2D eigenvalue weighted by molar-refractivity contribution is 6.31. The summed E-state index contributed by atoms with van der Waals surface area (Å²) >= 11 is 6.27. The van der Waals surface area contributed by atoms with Crippen molar-refractivity contribution in [3.05, 3.63) is 58.4 Å². The molecule has 0 unspecified atom stereocenters. The molecule has 0 aliphatic carbocycles. The molecule has 4 nitrogen and oxygen atoms in total. The van der Waals surface area contributed by atoms with Crippen LogP contribution in [0.3, 0.4) is 0 Å². The number of aromatic nitrogens is 2. The highest BCUT2D eigenvalue weighted by atomic mass is 35.5. The molecule has 1 aromatic heterocycles. The molecule has 0 saturated carbocycles. The summed E-state index contributed by atoms with van der Waals surface area (Å²) < 4.78 is 15.3. The van der Waals surface area contributed by atoms with E-state index in [1.807, 2.05) is 23.7 Å². The fourth-order valence-electron chi connectivity index (χ4n) is 3.46. The molecule has 0 atom stereocenters. The van der Waals surface area contributed by atoms with E-state index in [1.54, 1.807) is 6.07 Å². The highest BCUT2D eigenvalue weighted by Crippen LogP contribution is 2.25. The summed E-state index contributed by atoms with van der Waals surface area (Å²) in [5, 5.41) is 4.24. The fourth-order valence-corrected chi connectivity index (χ4v) is 3.75. The zero-order valence-electron chi connectivity index (χ0n) is 14.1. The zero-order chi connectivity index (χ0) is 17.4. The van der Waals surface area contributed by atoms with Crippen molar-refractivity contribution in [2.75, 3.05) is 25.0 Å². The Morgan fingerprint density at radius 2 is 2.16 bits per heavy atom. The molecule has 1 N–H and O–H groups in total. The SMILES string of the molecule is Cn1c(NCCN2CCc3c(Cl)cccc3C2)nc2ccc(F)cc21. The van der Waals surface area contributed by atoms with Gasteiger partial charge in [0, 0.05) is 38.2 Å². The molecule has 2 aromatic carbocycles. The number of hydrogen-bond acceptors (Lipinski definition) is 3. The molecule has 1 aliphatic heterocycles. The van der Waals surface area contributed by atoms with E-state index in [0.717, 1.165) is 54.6 Å². The molecule has 3 aromatic rings. The monoisotopic (exact) mass is 358 g/mol. The van der Waals surface area contributed by atoms with Crippen molar-refractivity contribution in [2.45, 2.75) is 13.0 Å².